The highest BCUT2D eigenvalue weighted by molar-refractivity contribution is 7.99. The van der Waals surface area contributed by atoms with Gasteiger partial charge in [0.25, 0.3) is 5.56 Å². The van der Waals surface area contributed by atoms with Gasteiger partial charge in [-0.25, -0.2) is 4.98 Å². The largest absolute Gasteiger partial charge is 0.372 e. The van der Waals surface area contributed by atoms with Gasteiger partial charge in [0.05, 0.1) is 29.5 Å². The minimum Gasteiger partial charge on any atom is -0.372 e. The van der Waals surface area contributed by atoms with Crippen LogP contribution in [0.4, 0.5) is 5.69 Å². The van der Waals surface area contributed by atoms with E-state index in [0.717, 1.165) is 21.8 Å². The smallest absolute Gasteiger partial charge is 0.267 e. The average molecular weight is 492 g/mol. The van der Waals surface area contributed by atoms with Crippen molar-refractivity contribution in [1.82, 2.24) is 9.55 Å². The van der Waals surface area contributed by atoms with Gasteiger partial charge in [-0.15, -0.1) is 11.3 Å². The number of hydrogen-bond acceptors (Lipinski definition) is 6. The first-order chi connectivity index (χ1) is 16.5. The van der Waals surface area contributed by atoms with Gasteiger partial charge in [-0.2, -0.15) is 0 Å². The molecule has 0 saturated carbocycles. The molecule has 174 valence electrons. The number of benzene rings is 2. The van der Waals surface area contributed by atoms with Crippen molar-refractivity contribution in [3.8, 4) is 5.69 Å². The number of rotatable bonds is 6. The second kappa shape index (κ2) is 9.74. The fraction of sp³-hybridized carbons (Fsp3) is 0.269. The fourth-order valence-electron chi connectivity index (χ4n) is 4.09. The molecule has 2 aromatic heterocycles. The Kier molecular flexibility index (Phi) is 6.54. The number of carbonyl (C=O) groups excluding carboxylic acids is 1. The monoisotopic (exact) mass is 491 g/mol. The Balaban J connectivity index is 1.53. The highest BCUT2D eigenvalue weighted by Gasteiger charge is 2.28. The summed E-state index contributed by atoms with van der Waals surface area (Å²) in [7, 11) is 0. The lowest BCUT2D eigenvalue weighted by atomic mass is 9.96. The average Bonchev–Trinajstić information content (AvgIpc) is 3.22. The lowest BCUT2D eigenvalue weighted by molar-refractivity contribution is -0.113. The molecule has 0 saturated heterocycles. The van der Waals surface area contributed by atoms with Crippen LogP contribution < -0.4 is 10.9 Å². The van der Waals surface area contributed by atoms with Crippen LogP contribution in [0.15, 0.2) is 70.6 Å². The summed E-state index contributed by atoms with van der Waals surface area (Å²) in [5, 5.41) is 4.07. The third-order valence-corrected chi connectivity index (χ3v) is 7.90. The maximum Gasteiger partial charge on any atom is 0.267 e. The summed E-state index contributed by atoms with van der Waals surface area (Å²) in [5.74, 6) is 0.359. The van der Waals surface area contributed by atoms with Crippen molar-refractivity contribution < 1.29 is 9.53 Å². The van der Waals surface area contributed by atoms with Gasteiger partial charge in [-0.3, -0.25) is 14.2 Å². The van der Waals surface area contributed by atoms with Crippen molar-refractivity contribution in [1.29, 1.82) is 0 Å². The summed E-state index contributed by atoms with van der Waals surface area (Å²) in [6, 6.07) is 18.8. The number of aromatic nitrogens is 2. The molecule has 4 aromatic rings. The molecule has 1 amide bonds. The van der Waals surface area contributed by atoms with Gasteiger partial charge < -0.3 is 10.1 Å². The van der Waals surface area contributed by atoms with E-state index < -0.39 is 0 Å². The van der Waals surface area contributed by atoms with E-state index in [9.17, 15) is 9.59 Å². The molecular formula is C26H25N3O3S2. The van der Waals surface area contributed by atoms with Gasteiger partial charge in [-0.05, 0) is 35.7 Å². The van der Waals surface area contributed by atoms with Gasteiger partial charge in [0, 0.05) is 17.0 Å². The van der Waals surface area contributed by atoms with Gasteiger partial charge in [0.15, 0.2) is 5.16 Å². The molecule has 0 fully saturated rings. The fourth-order valence-corrected chi connectivity index (χ4v) is 6.06. The van der Waals surface area contributed by atoms with E-state index >= 15 is 0 Å². The topological polar surface area (TPSA) is 73.2 Å². The van der Waals surface area contributed by atoms with Crippen LogP contribution in [-0.4, -0.2) is 27.3 Å². The number of nitrogens with zero attached hydrogens (tertiary/aromatic N) is 2. The number of thioether (sulfide) groups is 1. The predicted octanol–water partition coefficient (Wildman–Crippen LogP) is 5.28. The SMILES string of the molecule is CC(C)C1Cc2c(sc3nc(SCC(=O)Nc4ccccc4)n(-c4ccccc4)c(=O)c23)CO1. The van der Waals surface area contributed by atoms with Crippen LogP contribution in [0.3, 0.4) is 0 Å². The van der Waals surface area contributed by atoms with Crippen molar-refractivity contribution in [2.75, 3.05) is 11.1 Å². The van der Waals surface area contributed by atoms with Crippen molar-refractivity contribution in [3.63, 3.8) is 0 Å². The molecule has 3 heterocycles. The molecule has 1 aliphatic heterocycles. The van der Waals surface area contributed by atoms with Crippen LogP contribution in [0.1, 0.15) is 24.3 Å². The van der Waals surface area contributed by atoms with Gasteiger partial charge in [0.2, 0.25) is 5.91 Å². The molecule has 0 spiro atoms. The molecule has 0 aliphatic carbocycles. The maximum absolute atomic E-state index is 13.9. The summed E-state index contributed by atoms with van der Waals surface area (Å²) in [6.07, 6.45) is 0.802. The van der Waals surface area contributed by atoms with E-state index in [1.807, 2.05) is 60.7 Å². The second-order valence-electron chi connectivity index (χ2n) is 8.55. The number of fused-ring (bicyclic) bond motifs is 3. The quantitative estimate of drug-likeness (QED) is 0.294. The van der Waals surface area contributed by atoms with E-state index in [1.54, 1.807) is 4.57 Å². The molecule has 1 N–H and O–H groups in total. The number of hydrogen-bond donors (Lipinski definition) is 1. The van der Waals surface area contributed by atoms with Gasteiger partial charge >= 0.3 is 0 Å². The Hall–Kier alpha value is -2.94. The van der Waals surface area contributed by atoms with Crippen LogP contribution in [0.2, 0.25) is 0 Å². The normalized spacial score (nSPS) is 15.4. The third-order valence-electron chi connectivity index (χ3n) is 5.86. The number of anilines is 1. The highest BCUT2D eigenvalue weighted by atomic mass is 32.2. The Labute approximate surface area is 206 Å². The van der Waals surface area contributed by atoms with E-state index in [2.05, 4.69) is 19.2 Å². The number of carbonyl (C=O) groups is 1. The summed E-state index contributed by atoms with van der Waals surface area (Å²) in [4.78, 5) is 33.1. The molecular weight excluding hydrogens is 466 g/mol. The van der Waals surface area contributed by atoms with Crippen LogP contribution in [0.25, 0.3) is 15.9 Å². The molecule has 5 rings (SSSR count). The molecule has 0 bridgehead atoms. The number of para-hydroxylation sites is 2. The molecule has 8 heteroatoms. The first-order valence-electron chi connectivity index (χ1n) is 11.2. The maximum atomic E-state index is 13.9. The van der Waals surface area contributed by atoms with Gasteiger partial charge in [-0.1, -0.05) is 62.0 Å². The van der Waals surface area contributed by atoms with Crippen molar-refractivity contribution in [2.45, 2.75) is 38.1 Å². The molecule has 6 nitrogen and oxygen atoms in total. The number of nitrogens with one attached hydrogen (secondary N) is 1. The van der Waals surface area contributed by atoms with E-state index in [0.29, 0.717) is 34.3 Å². The minimum absolute atomic E-state index is 0.0885. The summed E-state index contributed by atoms with van der Waals surface area (Å²) >= 11 is 2.78. The van der Waals surface area contributed by atoms with Crippen molar-refractivity contribution in [2.24, 2.45) is 5.92 Å². The Morgan fingerprint density at radius 1 is 1.18 bits per heavy atom. The molecule has 0 radical (unpaired) electrons. The summed E-state index contributed by atoms with van der Waals surface area (Å²) in [6.45, 7) is 4.78. The Morgan fingerprint density at radius 2 is 1.88 bits per heavy atom. The first kappa shape index (κ1) is 22.8. The Bertz CT molecular complexity index is 1380. The molecule has 1 aliphatic rings. The van der Waals surface area contributed by atoms with Crippen LogP contribution >= 0.6 is 23.1 Å². The molecule has 1 unspecified atom stereocenters. The van der Waals surface area contributed by atoms with E-state index in [1.165, 1.54) is 23.1 Å². The number of amides is 1. The van der Waals surface area contributed by atoms with Gasteiger partial charge in [0.1, 0.15) is 4.83 Å². The zero-order chi connectivity index (χ0) is 23.7. The predicted molar refractivity (Wildman–Crippen MR) is 138 cm³/mol. The van der Waals surface area contributed by atoms with E-state index in [-0.39, 0.29) is 23.3 Å². The molecule has 34 heavy (non-hydrogen) atoms. The standard InChI is InChI=1S/C26H25N3O3S2/c1-16(2)20-13-19-21(14-32-20)34-24-23(19)25(31)29(18-11-7-4-8-12-18)26(28-24)33-15-22(30)27-17-9-5-3-6-10-17/h3-12,16,20H,13-15H2,1-2H3,(H,27,30). The highest BCUT2D eigenvalue weighted by Crippen LogP contribution is 2.36. The Morgan fingerprint density at radius 3 is 2.59 bits per heavy atom. The lowest BCUT2D eigenvalue weighted by Crippen LogP contribution is -2.28. The zero-order valence-corrected chi connectivity index (χ0v) is 20.6. The zero-order valence-electron chi connectivity index (χ0n) is 19.0. The summed E-state index contributed by atoms with van der Waals surface area (Å²) in [5.41, 5.74) is 2.44. The third kappa shape index (κ3) is 4.53. The first-order valence-corrected chi connectivity index (χ1v) is 13.0. The molecule has 2 aromatic carbocycles. The van der Waals surface area contributed by atoms with Crippen LogP contribution in [0, 0.1) is 5.92 Å². The number of thiophene rings is 1. The number of ether oxygens (including phenoxy) is 1. The lowest BCUT2D eigenvalue weighted by Gasteiger charge is -2.26. The van der Waals surface area contributed by atoms with Crippen molar-refractivity contribution in [3.05, 3.63) is 81.5 Å². The van der Waals surface area contributed by atoms with Crippen LogP contribution in [0.5, 0.6) is 0 Å². The van der Waals surface area contributed by atoms with E-state index in [4.69, 9.17) is 9.72 Å². The molecule has 1 atom stereocenters. The summed E-state index contributed by atoms with van der Waals surface area (Å²) < 4.78 is 7.67. The minimum atomic E-state index is -0.149. The van der Waals surface area contributed by atoms with Crippen molar-refractivity contribution >= 4 is 44.9 Å². The van der Waals surface area contributed by atoms with Crippen LogP contribution in [-0.2, 0) is 22.6 Å². The second-order valence-corrected chi connectivity index (χ2v) is 10.6.